The van der Waals surface area contributed by atoms with Crippen LogP contribution in [0.2, 0.25) is 0 Å². The minimum Gasteiger partial charge on any atom is -0.856 e. The van der Waals surface area contributed by atoms with Gasteiger partial charge in [0.25, 0.3) is 11.9 Å². The van der Waals surface area contributed by atoms with Crippen molar-refractivity contribution < 1.29 is 24.4 Å². The molecule has 0 bridgehead atoms. The highest BCUT2D eigenvalue weighted by molar-refractivity contribution is 6.01. The van der Waals surface area contributed by atoms with Crippen LogP contribution in [0.5, 0.6) is 11.6 Å². The SMILES string of the molecule is NC(=O)c1cc(C(=O)C[n+]2cn(Cc3ccccc3)c3c([O-])nc(N)nc32)ccc1O. The number of phenols is 1. The number of amides is 1. The number of nitrogen functional groups attached to an aromatic ring is 1. The molecule has 0 aliphatic rings. The average molecular weight is 418 g/mol. The number of aromatic hydroxyl groups is 1. The predicted octanol–water partition coefficient (Wildman–Crippen LogP) is 0.110. The lowest BCUT2D eigenvalue weighted by Gasteiger charge is -2.06. The number of nitrogens with two attached hydrogens (primary N) is 2. The van der Waals surface area contributed by atoms with Gasteiger partial charge in [-0.3, -0.25) is 14.2 Å². The predicted molar refractivity (Wildman–Crippen MR) is 108 cm³/mol. The summed E-state index contributed by atoms with van der Waals surface area (Å²) in [5, 5.41) is 22.2. The number of imidazole rings is 1. The highest BCUT2D eigenvalue weighted by atomic mass is 16.3. The van der Waals surface area contributed by atoms with Crippen LogP contribution in [0.4, 0.5) is 5.95 Å². The molecule has 0 atom stereocenters. The van der Waals surface area contributed by atoms with E-state index < -0.39 is 11.8 Å². The molecule has 156 valence electrons. The molecule has 2 aromatic carbocycles. The van der Waals surface area contributed by atoms with Crippen LogP contribution in [0.3, 0.4) is 0 Å². The Labute approximate surface area is 176 Å². The van der Waals surface area contributed by atoms with Gasteiger partial charge in [-0.15, -0.1) is 0 Å². The molecule has 10 nitrogen and oxygen atoms in total. The van der Waals surface area contributed by atoms with Gasteiger partial charge in [0.15, 0.2) is 17.6 Å². The summed E-state index contributed by atoms with van der Waals surface area (Å²) in [6.45, 7) is 0.184. The molecule has 2 aromatic heterocycles. The quantitative estimate of drug-likeness (QED) is 0.295. The van der Waals surface area contributed by atoms with E-state index in [0.29, 0.717) is 6.54 Å². The molecule has 4 aromatic rings. The summed E-state index contributed by atoms with van der Waals surface area (Å²) in [5.74, 6) is -2.29. The fourth-order valence-electron chi connectivity index (χ4n) is 3.34. The molecule has 0 aliphatic heterocycles. The Bertz CT molecular complexity index is 1320. The van der Waals surface area contributed by atoms with Gasteiger partial charge >= 0.3 is 5.65 Å². The van der Waals surface area contributed by atoms with Crippen molar-refractivity contribution in [3.05, 3.63) is 71.5 Å². The zero-order valence-corrected chi connectivity index (χ0v) is 16.2. The zero-order valence-electron chi connectivity index (χ0n) is 16.2. The van der Waals surface area contributed by atoms with Gasteiger partial charge in [0.05, 0.1) is 12.1 Å². The van der Waals surface area contributed by atoms with E-state index in [0.717, 1.165) is 5.56 Å². The lowest BCUT2D eigenvalue weighted by molar-refractivity contribution is -0.659. The van der Waals surface area contributed by atoms with E-state index in [9.17, 15) is 19.8 Å². The summed E-state index contributed by atoms with van der Waals surface area (Å²) >= 11 is 0. The topological polar surface area (TPSA) is 164 Å². The van der Waals surface area contributed by atoms with Crippen LogP contribution in [-0.2, 0) is 13.1 Å². The zero-order chi connectivity index (χ0) is 22.1. The molecule has 2 heterocycles. The molecular formula is C21H18N6O4. The van der Waals surface area contributed by atoms with Crippen LogP contribution >= 0.6 is 0 Å². The Hall–Kier alpha value is -4.47. The number of hydrogen-bond donors (Lipinski definition) is 3. The number of aromatic nitrogens is 4. The van der Waals surface area contributed by atoms with E-state index in [4.69, 9.17) is 11.5 Å². The van der Waals surface area contributed by atoms with Crippen LogP contribution in [0.25, 0.3) is 11.2 Å². The second-order valence-electron chi connectivity index (χ2n) is 6.94. The maximum absolute atomic E-state index is 12.9. The van der Waals surface area contributed by atoms with Crippen molar-refractivity contribution in [2.45, 2.75) is 13.1 Å². The molecule has 0 unspecified atom stereocenters. The Morgan fingerprint density at radius 3 is 2.58 bits per heavy atom. The van der Waals surface area contributed by atoms with Gasteiger partial charge in [0.2, 0.25) is 0 Å². The number of hydrogen-bond acceptors (Lipinski definition) is 7. The van der Waals surface area contributed by atoms with Gasteiger partial charge in [-0.2, -0.15) is 0 Å². The maximum atomic E-state index is 12.9. The summed E-state index contributed by atoms with van der Waals surface area (Å²) in [6, 6.07) is 13.3. The molecule has 0 fully saturated rings. The Morgan fingerprint density at radius 1 is 1.13 bits per heavy atom. The van der Waals surface area contributed by atoms with Gasteiger partial charge in [-0.05, 0) is 23.8 Å². The van der Waals surface area contributed by atoms with Gasteiger partial charge in [0, 0.05) is 11.4 Å². The summed E-state index contributed by atoms with van der Waals surface area (Å²) in [5.41, 5.74) is 12.3. The van der Waals surface area contributed by atoms with Crippen molar-refractivity contribution in [3.8, 4) is 11.6 Å². The lowest BCUT2D eigenvalue weighted by Crippen LogP contribution is -2.37. The van der Waals surface area contributed by atoms with Crippen molar-refractivity contribution >= 4 is 28.8 Å². The average Bonchev–Trinajstić information content (AvgIpc) is 3.05. The molecule has 5 N–H and O–H groups in total. The first-order valence-electron chi connectivity index (χ1n) is 9.26. The Balaban J connectivity index is 1.75. The molecule has 0 aliphatic carbocycles. The number of Topliss-reactive ketones (excluding diaryl/α,β-unsaturated/α-hetero) is 1. The van der Waals surface area contributed by atoms with Gasteiger partial charge < -0.3 is 21.7 Å². The Kier molecular flexibility index (Phi) is 4.96. The fraction of sp³-hybridized carbons (Fsp3) is 0.0952. The standard InChI is InChI=1S/C21H18N6O4/c22-18(30)14-8-13(6-7-15(14)28)16(29)10-27-11-26(9-12-4-2-1-3-5-12)17-19(27)24-21(23)25-20(17)31/h1-8,11H,9-10H2,(H5-,22,23,24,25,28,29,30,31). The maximum Gasteiger partial charge on any atom is 0.307 e. The monoisotopic (exact) mass is 418 g/mol. The van der Waals surface area contributed by atoms with Crippen LogP contribution in [0.15, 0.2) is 54.9 Å². The van der Waals surface area contributed by atoms with E-state index in [1.807, 2.05) is 30.3 Å². The highest BCUT2D eigenvalue weighted by Gasteiger charge is 2.23. The van der Waals surface area contributed by atoms with Crippen molar-refractivity contribution in [1.82, 2.24) is 14.5 Å². The fourth-order valence-corrected chi connectivity index (χ4v) is 3.34. The van der Waals surface area contributed by atoms with E-state index >= 15 is 0 Å². The number of anilines is 1. The third kappa shape index (κ3) is 3.86. The number of rotatable bonds is 6. The molecule has 31 heavy (non-hydrogen) atoms. The van der Waals surface area contributed by atoms with Crippen molar-refractivity contribution in [2.75, 3.05) is 5.73 Å². The molecule has 0 radical (unpaired) electrons. The normalized spacial score (nSPS) is 11.0. The molecule has 0 spiro atoms. The van der Waals surface area contributed by atoms with Crippen LogP contribution in [0, 0.1) is 0 Å². The summed E-state index contributed by atoms with van der Waals surface area (Å²) < 4.78 is 3.15. The third-order valence-corrected chi connectivity index (χ3v) is 4.78. The smallest absolute Gasteiger partial charge is 0.307 e. The van der Waals surface area contributed by atoms with Crippen molar-refractivity contribution in [1.29, 1.82) is 0 Å². The lowest BCUT2D eigenvalue weighted by atomic mass is 10.1. The van der Waals surface area contributed by atoms with E-state index in [2.05, 4.69) is 9.97 Å². The number of fused-ring (bicyclic) bond motifs is 1. The van der Waals surface area contributed by atoms with Gasteiger partial charge in [-0.25, -0.2) is 9.55 Å². The summed E-state index contributed by atoms with van der Waals surface area (Å²) in [6.07, 6.45) is 1.60. The number of carbonyl (C=O) groups is 2. The first kappa shape index (κ1) is 19.8. The summed E-state index contributed by atoms with van der Waals surface area (Å²) in [4.78, 5) is 32.2. The van der Waals surface area contributed by atoms with Crippen LogP contribution < -0.4 is 21.1 Å². The van der Waals surface area contributed by atoms with E-state index in [1.54, 1.807) is 10.9 Å². The van der Waals surface area contributed by atoms with Crippen LogP contribution in [0.1, 0.15) is 26.3 Å². The number of nitrogens with zero attached hydrogens (tertiary/aromatic N) is 4. The second-order valence-corrected chi connectivity index (χ2v) is 6.94. The first-order chi connectivity index (χ1) is 14.8. The molecule has 4 rings (SSSR count). The minimum absolute atomic E-state index is 0.157. The number of ketones is 1. The molecule has 1 amide bonds. The van der Waals surface area contributed by atoms with Crippen molar-refractivity contribution in [3.63, 3.8) is 0 Å². The van der Waals surface area contributed by atoms with E-state index in [1.165, 1.54) is 22.8 Å². The number of benzene rings is 2. The van der Waals surface area contributed by atoms with Crippen LogP contribution in [-0.4, -0.2) is 31.3 Å². The van der Waals surface area contributed by atoms with E-state index in [-0.39, 0.29) is 46.3 Å². The molecule has 0 saturated heterocycles. The molecular weight excluding hydrogens is 400 g/mol. The minimum atomic E-state index is -0.851. The highest BCUT2D eigenvalue weighted by Crippen LogP contribution is 2.21. The first-order valence-corrected chi connectivity index (χ1v) is 9.26. The third-order valence-electron chi connectivity index (χ3n) is 4.78. The van der Waals surface area contributed by atoms with Crippen molar-refractivity contribution in [2.24, 2.45) is 5.73 Å². The molecule has 0 saturated carbocycles. The van der Waals surface area contributed by atoms with Gasteiger partial charge in [-0.1, -0.05) is 35.3 Å². The largest absolute Gasteiger partial charge is 0.856 e. The van der Waals surface area contributed by atoms with Gasteiger partial charge in [0.1, 0.15) is 12.3 Å². The second kappa shape index (κ2) is 7.75. The number of primary amides is 1. The Morgan fingerprint density at radius 2 is 1.87 bits per heavy atom. The number of carbonyl (C=O) groups excluding carboxylic acids is 2. The molecule has 10 heteroatoms. The summed E-state index contributed by atoms with van der Waals surface area (Å²) in [7, 11) is 0.